The predicted octanol–water partition coefficient (Wildman–Crippen LogP) is 4.16. The Kier molecular flexibility index (Phi) is 11.4. The zero-order chi connectivity index (χ0) is 20.5. The van der Waals surface area contributed by atoms with Crippen molar-refractivity contribution in [3.8, 4) is 5.88 Å². The molecule has 1 aromatic rings. The highest BCUT2D eigenvalue weighted by Gasteiger charge is 2.26. The largest absolute Gasteiger partial charge is 0.474 e. The fourth-order valence-electron chi connectivity index (χ4n) is 4.19. The first kappa shape index (κ1) is 25.4. The minimum Gasteiger partial charge on any atom is -0.474 e. The summed E-state index contributed by atoms with van der Waals surface area (Å²) < 4.78 is 18.1. The van der Waals surface area contributed by atoms with Crippen LogP contribution in [0.5, 0.6) is 5.88 Å². The van der Waals surface area contributed by atoms with E-state index in [1.807, 2.05) is 25.3 Å². The maximum atomic E-state index is 12.2. The lowest BCUT2D eigenvalue weighted by molar-refractivity contribution is 0.201. The summed E-state index contributed by atoms with van der Waals surface area (Å²) in [6.07, 6.45) is 11.2. The van der Waals surface area contributed by atoms with E-state index >= 15 is 0 Å². The smallest absolute Gasteiger partial charge is 0.213 e. The molecule has 170 valence electrons. The molecule has 0 amide bonds. The van der Waals surface area contributed by atoms with Crippen LogP contribution in [-0.2, 0) is 17.3 Å². The van der Waals surface area contributed by atoms with Crippen LogP contribution in [0.2, 0.25) is 0 Å². The van der Waals surface area contributed by atoms with Gasteiger partial charge in [-0.3, -0.25) is 4.21 Å². The SMILES string of the molecule is CCNC(=NCc1ccc(OC2CCCC2)nc1)NC1CCCC(S(=O)CC)C1.I. The molecule has 0 spiro atoms. The Labute approximate surface area is 200 Å². The van der Waals surface area contributed by atoms with Gasteiger partial charge in [-0.2, -0.15) is 0 Å². The van der Waals surface area contributed by atoms with Crippen LogP contribution in [0, 0.1) is 0 Å². The Morgan fingerprint density at radius 2 is 2.00 bits per heavy atom. The molecule has 0 bridgehead atoms. The summed E-state index contributed by atoms with van der Waals surface area (Å²) >= 11 is 0. The van der Waals surface area contributed by atoms with Crippen LogP contribution in [0.4, 0.5) is 0 Å². The first-order valence-corrected chi connectivity index (χ1v) is 12.6. The number of pyridine rings is 1. The molecule has 1 heterocycles. The summed E-state index contributed by atoms with van der Waals surface area (Å²) in [5, 5.41) is 7.20. The Morgan fingerprint density at radius 3 is 2.67 bits per heavy atom. The lowest BCUT2D eigenvalue weighted by Crippen LogP contribution is -2.46. The molecule has 0 aliphatic heterocycles. The quantitative estimate of drug-likeness (QED) is 0.290. The van der Waals surface area contributed by atoms with Crippen molar-refractivity contribution in [1.29, 1.82) is 0 Å². The van der Waals surface area contributed by atoms with Crippen LogP contribution < -0.4 is 15.4 Å². The molecule has 6 nitrogen and oxygen atoms in total. The second-order valence-corrected chi connectivity index (χ2v) is 10.0. The molecule has 3 rings (SSSR count). The van der Waals surface area contributed by atoms with Gasteiger partial charge in [-0.1, -0.05) is 19.4 Å². The molecule has 2 N–H and O–H groups in total. The summed E-state index contributed by atoms with van der Waals surface area (Å²) in [7, 11) is -0.711. The van der Waals surface area contributed by atoms with Crippen molar-refractivity contribution in [1.82, 2.24) is 15.6 Å². The molecule has 2 aliphatic carbocycles. The van der Waals surface area contributed by atoms with Gasteiger partial charge in [0, 0.05) is 46.7 Å². The van der Waals surface area contributed by atoms with E-state index in [2.05, 4.69) is 22.5 Å². The zero-order valence-electron chi connectivity index (χ0n) is 18.3. The maximum absolute atomic E-state index is 12.2. The summed E-state index contributed by atoms with van der Waals surface area (Å²) in [6, 6.07) is 4.34. The van der Waals surface area contributed by atoms with Crippen molar-refractivity contribution in [3.05, 3.63) is 23.9 Å². The molecule has 0 aromatic carbocycles. The van der Waals surface area contributed by atoms with Crippen molar-refractivity contribution in [2.75, 3.05) is 12.3 Å². The summed E-state index contributed by atoms with van der Waals surface area (Å²) in [5.74, 6) is 2.29. The normalized spacial score (nSPS) is 23.5. The van der Waals surface area contributed by atoms with Gasteiger partial charge in [0.2, 0.25) is 5.88 Å². The van der Waals surface area contributed by atoms with Gasteiger partial charge >= 0.3 is 0 Å². The Hall–Kier alpha value is -0.900. The molecule has 0 radical (unpaired) electrons. The van der Waals surface area contributed by atoms with E-state index in [1.165, 1.54) is 12.8 Å². The maximum Gasteiger partial charge on any atom is 0.213 e. The number of aliphatic imine (C=N–C) groups is 1. The monoisotopic (exact) mass is 548 g/mol. The average molecular weight is 549 g/mol. The second kappa shape index (κ2) is 13.5. The fourth-order valence-corrected chi connectivity index (χ4v) is 5.53. The Balaban J connectivity index is 0.00000320. The average Bonchev–Trinajstić information content (AvgIpc) is 3.26. The highest BCUT2D eigenvalue weighted by Crippen LogP contribution is 2.24. The van der Waals surface area contributed by atoms with Crippen molar-refractivity contribution in [2.24, 2.45) is 4.99 Å². The van der Waals surface area contributed by atoms with Crippen LogP contribution in [0.25, 0.3) is 0 Å². The summed E-state index contributed by atoms with van der Waals surface area (Å²) in [5.41, 5.74) is 1.06. The highest BCUT2D eigenvalue weighted by molar-refractivity contribution is 14.0. The highest BCUT2D eigenvalue weighted by atomic mass is 127. The molecule has 30 heavy (non-hydrogen) atoms. The number of aromatic nitrogens is 1. The molecule has 2 fully saturated rings. The van der Waals surface area contributed by atoms with Gasteiger partial charge in [-0.25, -0.2) is 9.98 Å². The molecule has 3 atom stereocenters. The third-order valence-electron chi connectivity index (χ3n) is 5.77. The van der Waals surface area contributed by atoms with E-state index in [9.17, 15) is 4.21 Å². The summed E-state index contributed by atoms with van der Waals surface area (Å²) in [4.78, 5) is 9.19. The van der Waals surface area contributed by atoms with Gasteiger partial charge < -0.3 is 15.4 Å². The third kappa shape index (κ3) is 7.98. The first-order chi connectivity index (χ1) is 14.2. The van der Waals surface area contributed by atoms with Crippen molar-refractivity contribution < 1.29 is 8.95 Å². The van der Waals surface area contributed by atoms with E-state index in [1.54, 1.807) is 0 Å². The van der Waals surface area contributed by atoms with Crippen LogP contribution in [0.15, 0.2) is 23.3 Å². The first-order valence-electron chi connectivity index (χ1n) is 11.2. The summed E-state index contributed by atoms with van der Waals surface area (Å²) in [6.45, 7) is 5.47. The van der Waals surface area contributed by atoms with E-state index in [-0.39, 0.29) is 24.0 Å². The van der Waals surface area contributed by atoms with E-state index in [0.29, 0.717) is 29.8 Å². The number of ether oxygens (including phenoxy) is 1. The van der Waals surface area contributed by atoms with Gasteiger partial charge in [0.15, 0.2) is 5.96 Å². The van der Waals surface area contributed by atoms with Gasteiger partial charge in [-0.05, 0) is 57.4 Å². The number of rotatable bonds is 8. The van der Waals surface area contributed by atoms with Gasteiger partial charge in [0.25, 0.3) is 0 Å². The number of nitrogens with one attached hydrogen (secondary N) is 2. The number of nitrogens with zero attached hydrogens (tertiary/aromatic N) is 2. The minimum absolute atomic E-state index is 0. The van der Waals surface area contributed by atoms with Crippen LogP contribution >= 0.6 is 24.0 Å². The van der Waals surface area contributed by atoms with Crippen molar-refractivity contribution in [3.63, 3.8) is 0 Å². The lowest BCUT2D eigenvalue weighted by Gasteiger charge is -2.30. The van der Waals surface area contributed by atoms with Crippen molar-refractivity contribution >= 4 is 40.7 Å². The Bertz CT molecular complexity index is 680. The van der Waals surface area contributed by atoms with E-state index < -0.39 is 10.8 Å². The van der Waals surface area contributed by atoms with Crippen molar-refractivity contribution in [2.45, 2.75) is 89.2 Å². The van der Waals surface area contributed by atoms with Crippen LogP contribution in [0.1, 0.15) is 70.8 Å². The third-order valence-corrected chi connectivity index (χ3v) is 7.52. The molecule has 1 aromatic heterocycles. The number of hydrogen-bond acceptors (Lipinski definition) is 4. The van der Waals surface area contributed by atoms with E-state index in [0.717, 1.165) is 62.3 Å². The van der Waals surface area contributed by atoms with Crippen LogP contribution in [0.3, 0.4) is 0 Å². The molecule has 2 aliphatic rings. The van der Waals surface area contributed by atoms with Gasteiger partial charge in [0.1, 0.15) is 6.10 Å². The van der Waals surface area contributed by atoms with Gasteiger partial charge in [-0.15, -0.1) is 24.0 Å². The zero-order valence-corrected chi connectivity index (χ0v) is 21.4. The fraction of sp³-hybridized carbons (Fsp3) is 0.727. The number of hydrogen-bond donors (Lipinski definition) is 2. The molecular weight excluding hydrogens is 511 g/mol. The Morgan fingerprint density at radius 1 is 1.20 bits per heavy atom. The predicted molar refractivity (Wildman–Crippen MR) is 135 cm³/mol. The number of halogens is 1. The standard InChI is InChI=1S/C22H36N4O2S.HI/c1-3-23-22(26-18-8-7-11-20(14-18)29(27)4-2)25-16-17-12-13-21(24-15-17)28-19-9-5-6-10-19;/h12-13,15,18-20H,3-11,14,16H2,1-2H3,(H2,23,25,26);1H. The topological polar surface area (TPSA) is 75.6 Å². The second-order valence-electron chi connectivity index (χ2n) is 8.02. The van der Waals surface area contributed by atoms with Crippen LogP contribution in [-0.4, -0.2) is 44.8 Å². The molecule has 2 saturated carbocycles. The lowest BCUT2D eigenvalue weighted by atomic mass is 9.95. The van der Waals surface area contributed by atoms with E-state index in [4.69, 9.17) is 9.73 Å². The van der Waals surface area contributed by atoms with Gasteiger partial charge in [0.05, 0.1) is 6.54 Å². The molecule has 8 heteroatoms. The minimum atomic E-state index is -0.711. The number of guanidine groups is 1. The molecule has 0 saturated heterocycles. The molecular formula is C22H37IN4O2S. The molecule has 3 unspecified atom stereocenters.